The summed E-state index contributed by atoms with van der Waals surface area (Å²) >= 11 is 0. The monoisotopic (exact) mass is 425 g/mol. The first kappa shape index (κ1) is 22.1. The average molecular weight is 426 g/mol. The third kappa shape index (κ3) is 4.19. The van der Waals surface area contributed by atoms with Crippen molar-refractivity contribution in [1.82, 2.24) is 0 Å². The molecule has 2 aromatic rings. The van der Waals surface area contributed by atoms with Crippen LogP contribution in [0.3, 0.4) is 0 Å². The van der Waals surface area contributed by atoms with Crippen LogP contribution in [0.15, 0.2) is 42.5 Å². The van der Waals surface area contributed by atoms with Crippen LogP contribution in [-0.2, 0) is 15.1 Å². The second-order valence-corrected chi connectivity index (χ2v) is 8.96. The summed E-state index contributed by atoms with van der Waals surface area (Å²) < 4.78 is 16.3. The SMILES string of the molecule is COc1ccc2c(c1)C(C)CCC2(O)c1ccc(N2CCC(C(OC)OC)CC2)cc1. The number of hydrogen-bond donors (Lipinski definition) is 1. The Morgan fingerprint density at radius 3 is 2.26 bits per heavy atom. The van der Waals surface area contributed by atoms with Gasteiger partial charge in [0.1, 0.15) is 11.4 Å². The molecular weight excluding hydrogens is 390 g/mol. The fourth-order valence-corrected chi connectivity index (χ4v) is 5.33. The van der Waals surface area contributed by atoms with Gasteiger partial charge < -0.3 is 24.2 Å². The predicted octanol–water partition coefficient (Wildman–Crippen LogP) is 4.66. The van der Waals surface area contributed by atoms with Crippen LogP contribution in [0.2, 0.25) is 0 Å². The second-order valence-electron chi connectivity index (χ2n) is 8.96. The molecule has 1 aliphatic heterocycles. The Bertz CT molecular complexity index is 871. The van der Waals surface area contributed by atoms with Gasteiger partial charge in [0.15, 0.2) is 6.29 Å². The molecule has 1 N–H and O–H groups in total. The van der Waals surface area contributed by atoms with E-state index < -0.39 is 5.60 Å². The van der Waals surface area contributed by atoms with Crippen LogP contribution < -0.4 is 9.64 Å². The van der Waals surface area contributed by atoms with Crippen molar-refractivity contribution in [2.75, 3.05) is 39.3 Å². The zero-order chi connectivity index (χ0) is 22.0. The Balaban J connectivity index is 1.52. The summed E-state index contributed by atoms with van der Waals surface area (Å²) in [4.78, 5) is 2.41. The minimum atomic E-state index is -0.955. The number of hydrogen-bond acceptors (Lipinski definition) is 5. The van der Waals surface area contributed by atoms with Gasteiger partial charge in [-0.05, 0) is 72.6 Å². The smallest absolute Gasteiger partial charge is 0.159 e. The number of aliphatic hydroxyl groups is 1. The minimum Gasteiger partial charge on any atom is -0.497 e. The van der Waals surface area contributed by atoms with E-state index >= 15 is 0 Å². The van der Waals surface area contributed by atoms with Crippen molar-refractivity contribution in [3.63, 3.8) is 0 Å². The molecule has 0 saturated carbocycles. The summed E-state index contributed by atoms with van der Waals surface area (Å²) in [6.07, 6.45) is 3.65. The fourth-order valence-electron chi connectivity index (χ4n) is 5.33. The summed E-state index contributed by atoms with van der Waals surface area (Å²) in [6, 6.07) is 14.6. The Kier molecular flexibility index (Phi) is 6.56. The van der Waals surface area contributed by atoms with Gasteiger partial charge >= 0.3 is 0 Å². The minimum absolute atomic E-state index is 0.119. The molecule has 1 heterocycles. The highest BCUT2D eigenvalue weighted by Crippen LogP contribution is 2.46. The molecule has 0 aromatic heterocycles. The Hall–Kier alpha value is -2.08. The standard InChI is InChI=1S/C26H35NO4/c1-18-11-14-26(28,24-10-9-22(29-2)17-23(18)24)20-5-7-21(8-6-20)27-15-12-19(13-16-27)25(30-3)31-4/h5-10,17-19,25,28H,11-16H2,1-4H3. The molecule has 1 aliphatic carbocycles. The molecule has 2 aliphatic rings. The van der Waals surface area contributed by atoms with E-state index in [4.69, 9.17) is 14.2 Å². The summed E-state index contributed by atoms with van der Waals surface area (Å²) in [5.41, 5.74) is 3.40. The highest BCUT2D eigenvalue weighted by atomic mass is 16.7. The van der Waals surface area contributed by atoms with Crippen molar-refractivity contribution in [2.24, 2.45) is 5.92 Å². The van der Waals surface area contributed by atoms with Gasteiger partial charge in [0.2, 0.25) is 0 Å². The van der Waals surface area contributed by atoms with Crippen molar-refractivity contribution >= 4 is 5.69 Å². The number of fused-ring (bicyclic) bond motifs is 1. The van der Waals surface area contributed by atoms with Crippen LogP contribution in [0.4, 0.5) is 5.69 Å². The van der Waals surface area contributed by atoms with Crippen LogP contribution in [-0.4, -0.2) is 45.8 Å². The first-order valence-corrected chi connectivity index (χ1v) is 11.3. The lowest BCUT2D eigenvalue weighted by molar-refractivity contribution is -0.141. The first-order valence-electron chi connectivity index (χ1n) is 11.3. The largest absolute Gasteiger partial charge is 0.497 e. The predicted molar refractivity (Wildman–Crippen MR) is 123 cm³/mol. The molecule has 0 spiro atoms. The highest BCUT2D eigenvalue weighted by molar-refractivity contribution is 5.53. The van der Waals surface area contributed by atoms with Gasteiger partial charge in [-0.1, -0.05) is 25.1 Å². The molecule has 4 rings (SSSR count). The summed E-state index contributed by atoms with van der Waals surface area (Å²) in [5.74, 6) is 1.69. The van der Waals surface area contributed by atoms with Gasteiger partial charge in [-0.3, -0.25) is 0 Å². The van der Waals surface area contributed by atoms with E-state index in [0.29, 0.717) is 11.8 Å². The quantitative estimate of drug-likeness (QED) is 0.682. The van der Waals surface area contributed by atoms with E-state index in [1.165, 1.54) is 11.3 Å². The van der Waals surface area contributed by atoms with Crippen molar-refractivity contribution in [2.45, 2.75) is 50.4 Å². The van der Waals surface area contributed by atoms with Gasteiger partial charge in [-0.15, -0.1) is 0 Å². The summed E-state index contributed by atoms with van der Waals surface area (Å²) in [6.45, 7) is 4.19. The van der Waals surface area contributed by atoms with Gasteiger partial charge in [0.05, 0.1) is 7.11 Å². The number of methoxy groups -OCH3 is 3. The number of benzene rings is 2. The number of piperidine rings is 1. The zero-order valence-corrected chi connectivity index (χ0v) is 19.1. The normalized spacial score (nSPS) is 24.3. The molecule has 168 valence electrons. The third-order valence-corrected chi connectivity index (χ3v) is 7.27. The van der Waals surface area contributed by atoms with Crippen molar-refractivity contribution in [3.05, 3.63) is 59.2 Å². The third-order valence-electron chi connectivity index (χ3n) is 7.27. The maximum atomic E-state index is 11.7. The zero-order valence-electron chi connectivity index (χ0n) is 19.1. The topological polar surface area (TPSA) is 51.2 Å². The Labute approximate surface area is 185 Å². The molecule has 0 bridgehead atoms. The molecular formula is C26H35NO4. The lowest BCUT2D eigenvalue weighted by Crippen LogP contribution is -2.39. The molecule has 2 unspecified atom stereocenters. The van der Waals surface area contributed by atoms with Crippen molar-refractivity contribution in [3.8, 4) is 5.75 Å². The van der Waals surface area contributed by atoms with Crippen LogP contribution in [0.5, 0.6) is 5.75 Å². The van der Waals surface area contributed by atoms with E-state index in [1.54, 1.807) is 21.3 Å². The molecule has 0 radical (unpaired) electrons. The molecule has 2 atom stereocenters. The van der Waals surface area contributed by atoms with Crippen LogP contribution in [0.1, 0.15) is 55.2 Å². The van der Waals surface area contributed by atoms with E-state index in [-0.39, 0.29) is 6.29 Å². The summed E-state index contributed by atoms with van der Waals surface area (Å²) in [5, 5.41) is 11.7. The average Bonchev–Trinajstić information content (AvgIpc) is 2.83. The maximum Gasteiger partial charge on any atom is 0.159 e. The van der Waals surface area contributed by atoms with Crippen molar-refractivity contribution in [1.29, 1.82) is 0 Å². The Morgan fingerprint density at radius 2 is 1.65 bits per heavy atom. The maximum absolute atomic E-state index is 11.7. The van der Waals surface area contributed by atoms with Gasteiger partial charge in [-0.2, -0.15) is 0 Å². The number of nitrogens with zero attached hydrogens (tertiary/aromatic N) is 1. The van der Waals surface area contributed by atoms with Gasteiger partial charge in [-0.25, -0.2) is 0 Å². The number of anilines is 1. The highest BCUT2D eigenvalue weighted by Gasteiger charge is 2.38. The van der Waals surface area contributed by atoms with E-state index in [0.717, 1.165) is 55.6 Å². The second kappa shape index (κ2) is 9.19. The van der Waals surface area contributed by atoms with Crippen LogP contribution in [0.25, 0.3) is 0 Å². The van der Waals surface area contributed by atoms with Gasteiger partial charge in [0.25, 0.3) is 0 Å². The molecule has 1 saturated heterocycles. The Morgan fingerprint density at radius 1 is 0.968 bits per heavy atom. The van der Waals surface area contributed by atoms with Gasteiger partial charge in [0, 0.05) is 38.9 Å². The molecule has 5 heteroatoms. The van der Waals surface area contributed by atoms with Crippen LogP contribution in [0, 0.1) is 5.92 Å². The lowest BCUT2D eigenvalue weighted by Gasteiger charge is -2.39. The lowest BCUT2D eigenvalue weighted by atomic mass is 9.71. The number of ether oxygens (including phenoxy) is 3. The molecule has 0 amide bonds. The number of rotatable bonds is 6. The molecule has 31 heavy (non-hydrogen) atoms. The molecule has 2 aromatic carbocycles. The van der Waals surface area contributed by atoms with E-state index in [9.17, 15) is 5.11 Å². The molecule has 1 fully saturated rings. The first-order chi connectivity index (χ1) is 15.0. The van der Waals surface area contributed by atoms with Crippen molar-refractivity contribution < 1.29 is 19.3 Å². The van der Waals surface area contributed by atoms with E-state index in [2.05, 4.69) is 42.2 Å². The summed E-state index contributed by atoms with van der Waals surface area (Å²) in [7, 11) is 5.11. The van der Waals surface area contributed by atoms with Crippen LogP contribution >= 0.6 is 0 Å². The fraction of sp³-hybridized carbons (Fsp3) is 0.538. The van der Waals surface area contributed by atoms with E-state index in [1.807, 2.05) is 12.1 Å². The molecule has 5 nitrogen and oxygen atoms in total.